The van der Waals surface area contributed by atoms with Crippen molar-refractivity contribution in [3.8, 4) is 0 Å². The molecule has 0 heterocycles. The molecule has 4 nitrogen and oxygen atoms in total. The van der Waals surface area contributed by atoms with Crippen molar-refractivity contribution in [1.29, 1.82) is 0 Å². The number of hydrogen-bond donors (Lipinski definition) is 2. The lowest BCUT2D eigenvalue weighted by molar-refractivity contribution is -0.142. The van der Waals surface area contributed by atoms with Crippen LogP contribution in [0.3, 0.4) is 0 Å². The summed E-state index contributed by atoms with van der Waals surface area (Å²) in [5.74, 6) is -1.51. The lowest BCUT2D eigenvalue weighted by Crippen LogP contribution is -2.41. The molecule has 74 valence electrons. The van der Waals surface area contributed by atoms with Crippen molar-refractivity contribution in [2.45, 2.75) is 38.1 Å². The molecule has 4 heteroatoms. The number of rotatable bonds is 2. The first-order chi connectivity index (χ1) is 6.13. The van der Waals surface area contributed by atoms with E-state index in [1.807, 2.05) is 0 Å². The van der Waals surface area contributed by atoms with Gasteiger partial charge in [-0.25, -0.2) is 0 Å². The van der Waals surface area contributed by atoms with Gasteiger partial charge in [-0.3, -0.25) is 9.59 Å². The molecule has 2 atom stereocenters. The first kappa shape index (κ1) is 10.2. The highest BCUT2D eigenvalue weighted by atomic mass is 16.4. The monoisotopic (exact) mass is 185 g/mol. The minimum Gasteiger partial charge on any atom is -0.480 e. The molecule has 0 amide bonds. The summed E-state index contributed by atoms with van der Waals surface area (Å²) >= 11 is 0. The Bertz CT molecular complexity index is 215. The number of Topliss-reactive ketones (excluding diaryl/α,β-unsaturated/α-hetero) is 1. The van der Waals surface area contributed by atoms with Gasteiger partial charge in [-0.05, 0) is 12.8 Å². The quantitative estimate of drug-likeness (QED) is 0.615. The molecule has 0 saturated heterocycles. The molecule has 3 N–H and O–H groups in total. The van der Waals surface area contributed by atoms with Crippen LogP contribution in [-0.4, -0.2) is 22.9 Å². The van der Waals surface area contributed by atoms with Gasteiger partial charge in [0.2, 0.25) is 0 Å². The predicted molar refractivity (Wildman–Crippen MR) is 47.2 cm³/mol. The van der Waals surface area contributed by atoms with Crippen LogP contribution in [-0.2, 0) is 9.59 Å². The maximum absolute atomic E-state index is 11.4. The number of carboxylic acid groups (broad SMARTS) is 1. The third-order valence-corrected chi connectivity index (χ3v) is 2.57. The molecule has 1 aliphatic rings. The average Bonchev–Trinajstić information content (AvgIpc) is 2.28. The number of ketones is 1. The molecule has 13 heavy (non-hydrogen) atoms. The van der Waals surface area contributed by atoms with Crippen molar-refractivity contribution in [3.05, 3.63) is 0 Å². The van der Waals surface area contributed by atoms with E-state index in [4.69, 9.17) is 10.8 Å². The first-order valence-corrected chi connectivity index (χ1v) is 4.64. The van der Waals surface area contributed by atoms with Crippen molar-refractivity contribution in [1.82, 2.24) is 0 Å². The topological polar surface area (TPSA) is 80.4 Å². The third kappa shape index (κ3) is 2.52. The van der Waals surface area contributed by atoms with E-state index >= 15 is 0 Å². The van der Waals surface area contributed by atoms with Crippen molar-refractivity contribution in [2.24, 2.45) is 11.7 Å². The van der Waals surface area contributed by atoms with Crippen molar-refractivity contribution in [2.75, 3.05) is 0 Å². The van der Waals surface area contributed by atoms with E-state index < -0.39 is 17.9 Å². The molecule has 1 fully saturated rings. The normalized spacial score (nSPS) is 26.5. The van der Waals surface area contributed by atoms with E-state index in [9.17, 15) is 9.59 Å². The van der Waals surface area contributed by atoms with Crippen molar-refractivity contribution < 1.29 is 14.7 Å². The fraction of sp³-hybridized carbons (Fsp3) is 0.778. The van der Waals surface area contributed by atoms with Gasteiger partial charge >= 0.3 is 5.97 Å². The van der Waals surface area contributed by atoms with Crippen molar-refractivity contribution >= 4 is 11.8 Å². The molecule has 0 spiro atoms. The molecule has 0 aromatic carbocycles. The minimum atomic E-state index is -1.07. The van der Waals surface area contributed by atoms with Gasteiger partial charge in [0.05, 0.1) is 0 Å². The Labute approximate surface area is 77.1 Å². The minimum absolute atomic E-state index is 0.0207. The number of carbonyl (C=O) groups is 2. The second-order valence-corrected chi connectivity index (χ2v) is 3.54. The number of aliphatic carboxylic acids is 1. The van der Waals surface area contributed by atoms with Gasteiger partial charge in [-0.2, -0.15) is 0 Å². The van der Waals surface area contributed by atoms with Gasteiger partial charge in [-0.1, -0.05) is 12.8 Å². The predicted octanol–water partition coefficient (Wildman–Crippen LogP) is 0.548. The number of carboxylic acids is 1. The van der Waals surface area contributed by atoms with E-state index in [2.05, 4.69) is 0 Å². The van der Waals surface area contributed by atoms with Crippen LogP contribution in [0.15, 0.2) is 0 Å². The van der Waals surface area contributed by atoms with Crippen LogP contribution in [0.4, 0.5) is 0 Å². The molecule has 0 radical (unpaired) electrons. The lowest BCUT2D eigenvalue weighted by atomic mass is 9.91. The highest BCUT2D eigenvalue weighted by molar-refractivity contribution is 5.88. The highest BCUT2D eigenvalue weighted by Gasteiger charge is 2.30. The summed E-state index contributed by atoms with van der Waals surface area (Å²) in [6.45, 7) is 0. The molecule has 1 aliphatic carbocycles. The fourth-order valence-corrected chi connectivity index (χ4v) is 1.74. The Hall–Kier alpha value is -0.900. The van der Waals surface area contributed by atoms with Gasteiger partial charge in [-0.15, -0.1) is 0 Å². The molecular weight excluding hydrogens is 170 g/mol. The highest BCUT2D eigenvalue weighted by Crippen LogP contribution is 2.22. The van der Waals surface area contributed by atoms with Crippen LogP contribution in [0.25, 0.3) is 0 Å². The lowest BCUT2D eigenvalue weighted by Gasteiger charge is -2.16. The zero-order valence-electron chi connectivity index (χ0n) is 7.53. The standard InChI is InChI=1S/C9H15NO3/c10-8(9(12)13)6-4-2-1-3-5-7(6)11/h6,8H,1-5,10H2,(H,12,13)/t6-,8?/m1/s1. The number of nitrogens with two attached hydrogens (primary N) is 1. The Morgan fingerprint density at radius 2 is 2.15 bits per heavy atom. The van der Waals surface area contributed by atoms with Crippen LogP contribution in [0.5, 0.6) is 0 Å². The van der Waals surface area contributed by atoms with Crippen molar-refractivity contribution in [3.63, 3.8) is 0 Å². The maximum Gasteiger partial charge on any atom is 0.321 e. The average molecular weight is 185 g/mol. The molecule has 0 aromatic heterocycles. The zero-order valence-corrected chi connectivity index (χ0v) is 7.53. The zero-order chi connectivity index (χ0) is 9.84. The van der Waals surface area contributed by atoms with Crippen LogP contribution >= 0.6 is 0 Å². The summed E-state index contributed by atoms with van der Waals surface area (Å²) in [6.07, 6.45) is 3.92. The second kappa shape index (κ2) is 4.37. The largest absolute Gasteiger partial charge is 0.480 e. The van der Waals surface area contributed by atoms with Gasteiger partial charge < -0.3 is 10.8 Å². The van der Waals surface area contributed by atoms with Gasteiger partial charge in [0.15, 0.2) is 0 Å². The SMILES string of the molecule is NC(C(=O)O)[C@@H]1CCCCCC1=O. The fourth-order valence-electron chi connectivity index (χ4n) is 1.74. The smallest absolute Gasteiger partial charge is 0.321 e. The van der Waals surface area contributed by atoms with E-state index in [1.165, 1.54) is 0 Å². The third-order valence-electron chi connectivity index (χ3n) is 2.57. The Kier molecular flexibility index (Phi) is 3.42. The summed E-state index contributed by atoms with van der Waals surface area (Å²) in [5.41, 5.74) is 5.43. The summed E-state index contributed by atoms with van der Waals surface area (Å²) in [4.78, 5) is 22.0. The molecule has 1 saturated carbocycles. The van der Waals surface area contributed by atoms with Crippen LogP contribution in [0, 0.1) is 5.92 Å². The Morgan fingerprint density at radius 3 is 2.77 bits per heavy atom. The van der Waals surface area contributed by atoms with E-state index in [1.54, 1.807) is 0 Å². The van der Waals surface area contributed by atoms with E-state index in [-0.39, 0.29) is 5.78 Å². The summed E-state index contributed by atoms with van der Waals surface area (Å²) in [7, 11) is 0. The van der Waals surface area contributed by atoms with Gasteiger partial charge in [0, 0.05) is 12.3 Å². The summed E-state index contributed by atoms with van der Waals surface area (Å²) < 4.78 is 0. The van der Waals surface area contributed by atoms with E-state index in [0.29, 0.717) is 12.8 Å². The molecular formula is C9H15NO3. The maximum atomic E-state index is 11.4. The second-order valence-electron chi connectivity index (χ2n) is 3.54. The van der Waals surface area contributed by atoms with Crippen LogP contribution < -0.4 is 5.73 Å². The number of carbonyl (C=O) groups excluding carboxylic acids is 1. The van der Waals surface area contributed by atoms with Gasteiger partial charge in [0.1, 0.15) is 11.8 Å². The number of hydrogen-bond acceptors (Lipinski definition) is 3. The van der Waals surface area contributed by atoms with Crippen LogP contribution in [0.1, 0.15) is 32.1 Å². The van der Waals surface area contributed by atoms with Crippen LogP contribution in [0.2, 0.25) is 0 Å². The Morgan fingerprint density at radius 1 is 1.46 bits per heavy atom. The first-order valence-electron chi connectivity index (χ1n) is 4.64. The van der Waals surface area contributed by atoms with E-state index in [0.717, 1.165) is 19.3 Å². The molecule has 0 bridgehead atoms. The molecule has 1 rings (SSSR count). The van der Waals surface area contributed by atoms with Gasteiger partial charge in [0.25, 0.3) is 0 Å². The summed E-state index contributed by atoms with van der Waals surface area (Å²) in [5, 5.41) is 8.67. The molecule has 1 unspecified atom stereocenters. The molecule has 0 aliphatic heterocycles. The molecule has 0 aromatic rings. The summed E-state index contributed by atoms with van der Waals surface area (Å²) in [6, 6.07) is -1.01. The Balaban J connectivity index is 2.64.